The first-order valence-electron chi connectivity index (χ1n) is 5.14. The summed E-state index contributed by atoms with van der Waals surface area (Å²) in [6.07, 6.45) is 0.881. The van der Waals surface area contributed by atoms with Crippen molar-refractivity contribution in [1.29, 1.82) is 0 Å². The largest absolute Gasteiger partial charge is 0.368 e. The molecule has 1 rings (SSSR count). The first-order chi connectivity index (χ1) is 9.35. The number of nitrogens with one attached hydrogen (secondary N) is 1. The average Bonchev–Trinajstić information content (AvgIpc) is 2.36. The van der Waals surface area contributed by atoms with Gasteiger partial charge in [-0.1, -0.05) is 0 Å². The minimum absolute atomic E-state index is 0.135. The number of nitrogens with zero attached hydrogens (tertiary/aromatic N) is 4. The highest BCUT2D eigenvalue weighted by molar-refractivity contribution is 5.85. The molecule has 12 nitrogen and oxygen atoms in total. The molecule has 1 heterocycles. The predicted octanol–water partition coefficient (Wildman–Crippen LogP) is -2.55. The normalized spacial score (nSPS) is 9.85. The molecular weight excluding hydrogens is 272 g/mol. The summed E-state index contributed by atoms with van der Waals surface area (Å²) < 4.78 is 0. The fraction of sp³-hybridized carbons (Fsp3) is 0.250. The van der Waals surface area contributed by atoms with Crippen molar-refractivity contribution in [1.82, 2.24) is 9.97 Å². The number of amides is 2. The number of nitro groups is 1. The molecule has 0 saturated carbocycles. The molecule has 12 heteroatoms. The summed E-state index contributed by atoms with van der Waals surface area (Å²) in [7, 11) is 0. The van der Waals surface area contributed by atoms with E-state index in [0.717, 1.165) is 11.1 Å². The second kappa shape index (κ2) is 6.24. The van der Waals surface area contributed by atoms with Gasteiger partial charge in [0.1, 0.15) is 6.20 Å². The Bertz CT molecular complexity index is 531. The first kappa shape index (κ1) is 15.0. The summed E-state index contributed by atoms with van der Waals surface area (Å²) in [6, 6.07) is 0. The SMILES string of the molecule is NNc1ncc([N+](=O)[O-])c(N(CC(N)=O)CC(N)=O)n1. The molecule has 0 saturated heterocycles. The van der Waals surface area contributed by atoms with Crippen LogP contribution in [-0.2, 0) is 9.59 Å². The van der Waals surface area contributed by atoms with Crippen LogP contribution in [0.1, 0.15) is 0 Å². The molecule has 0 aromatic carbocycles. The smallest absolute Gasteiger partial charge is 0.329 e. The number of anilines is 2. The van der Waals surface area contributed by atoms with Gasteiger partial charge < -0.3 is 16.4 Å². The maximum absolute atomic E-state index is 11.0. The van der Waals surface area contributed by atoms with Gasteiger partial charge in [-0.25, -0.2) is 10.8 Å². The van der Waals surface area contributed by atoms with Crippen LogP contribution < -0.4 is 27.6 Å². The van der Waals surface area contributed by atoms with Crippen molar-refractivity contribution in [2.75, 3.05) is 23.4 Å². The van der Waals surface area contributed by atoms with Crippen molar-refractivity contribution in [3.05, 3.63) is 16.3 Å². The Morgan fingerprint density at radius 1 is 1.35 bits per heavy atom. The standard InChI is InChI=1S/C8H12N8O4/c9-5(17)2-15(3-6(10)18)7-4(16(19)20)1-12-8(13-7)14-11/h1H,2-3,11H2,(H2,9,17)(H2,10,18)(H,12,13,14). The van der Waals surface area contributed by atoms with Gasteiger partial charge in [0.25, 0.3) is 0 Å². The third-order valence-electron chi connectivity index (χ3n) is 2.07. The van der Waals surface area contributed by atoms with Crippen molar-refractivity contribution in [3.8, 4) is 0 Å². The Morgan fingerprint density at radius 3 is 2.30 bits per heavy atom. The Hall–Kier alpha value is -3.02. The zero-order chi connectivity index (χ0) is 15.3. The van der Waals surface area contributed by atoms with Gasteiger partial charge in [0.2, 0.25) is 23.6 Å². The van der Waals surface area contributed by atoms with E-state index in [1.54, 1.807) is 0 Å². The van der Waals surface area contributed by atoms with E-state index in [9.17, 15) is 19.7 Å². The van der Waals surface area contributed by atoms with Crippen LogP contribution in [0.2, 0.25) is 0 Å². The third kappa shape index (κ3) is 3.74. The molecule has 0 fully saturated rings. The van der Waals surface area contributed by atoms with E-state index in [0.29, 0.717) is 0 Å². The minimum atomic E-state index is -0.818. The molecule has 108 valence electrons. The van der Waals surface area contributed by atoms with Crippen LogP contribution >= 0.6 is 0 Å². The van der Waals surface area contributed by atoms with Crippen LogP contribution in [0.4, 0.5) is 17.5 Å². The molecule has 0 radical (unpaired) electrons. The van der Waals surface area contributed by atoms with Gasteiger partial charge in [0.05, 0.1) is 18.0 Å². The van der Waals surface area contributed by atoms with Crippen LogP contribution in [0.3, 0.4) is 0 Å². The number of hydrogen-bond acceptors (Lipinski definition) is 9. The fourth-order valence-corrected chi connectivity index (χ4v) is 1.38. The average molecular weight is 284 g/mol. The molecule has 0 aliphatic heterocycles. The zero-order valence-electron chi connectivity index (χ0n) is 10.1. The summed E-state index contributed by atoms with van der Waals surface area (Å²) in [5.41, 5.74) is 11.6. The van der Waals surface area contributed by atoms with Crippen molar-refractivity contribution in [2.45, 2.75) is 0 Å². The van der Waals surface area contributed by atoms with Crippen molar-refractivity contribution in [2.24, 2.45) is 17.3 Å². The summed E-state index contributed by atoms with van der Waals surface area (Å²) in [5, 5.41) is 10.9. The highest BCUT2D eigenvalue weighted by Gasteiger charge is 2.25. The molecule has 1 aromatic heterocycles. The number of hydrogen-bond donors (Lipinski definition) is 4. The number of carbonyl (C=O) groups excluding carboxylic acids is 2. The fourth-order valence-electron chi connectivity index (χ4n) is 1.38. The van der Waals surface area contributed by atoms with Gasteiger partial charge in [0, 0.05) is 0 Å². The Labute approximate surface area is 112 Å². The third-order valence-corrected chi connectivity index (χ3v) is 2.07. The van der Waals surface area contributed by atoms with Gasteiger partial charge in [-0.15, -0.1) is 0 Å². The minimum Gasteiger partial charge on any atom is -0.368 e. The van der Waals surface area contributed by atoms with Crippen molar-refractivity contribution < 1.29 is 14.5 Å². The predicted molar refractivity (Wildman–Crippen MR) is 67.1 cm³/mol. The van der Waals surface area contributed by atoms with Crippen molar-refractivity contribution >= 4 is 29.3 Å². The molecule has 0 aliphatic rings. The Morgan fingerprint density at radius 2 is 1.90 bits per heavy atom. The summed E-state index contributed by atoms with van der Waals surface area (Å²) in [5.74, 6) is 3.03. The summed E-state index contributed by atoms with van der Waals surface area (Å²) in [6.45, 7) is -0.963. The van der Waals surface area contributed by atoms with E-state index in [-0.39, 0.29) is 11.8 Å². The molecule has 0 spiro atoms. The van der Waals surface area contributed by atoms with E-state index in [1.807, 2.05) is 0 Å². The van der Waals surface area contributed by atoms with Crippen LogP contribution in [0.15, 0.2) is 6.20 Å². The van der Waals surface area contributed by atoms with E-state index < -0.39 is 35.5 Å². The van der Waals surface area contributed by atoms with Crippen LogP contribution in [0, 0.1) is 10.1 Å². The van der Waals surface area contributed by atoms with Gasteiger partial charge in [-0.2, -0.15) is 4.98 Å². The van der Waals surface area contributed by atoms with Gasteiger partial charge in [-0.05, 0) is 0 Å². The molecule has 7 N–H and O–H groups in total. The lowest BCUT2D eigenvalue weighted by molar-refractivity contribution is -0.384. The number of nitrogens with two attached hydrogens (primary N) is 3. The number of carbonyl (C=O) groups is 2. The zero-order valence-corrected chi connectivity index (χ0v) is 10.1. The highest BCUT2D eigenvalue weighted by Crippen LogP contribution is 2.25. The first-order valence-corrected chi connectivity index (χ1v) is 5.14. The molecule has 2 amide bonds. The quantitative estimate of drug-likeness (QED) is 0.236. The lowest BCUT2D eigenvalue weighted by Crippen LogP contribution is -2.40. The Kier molecular flexibility index (Phi) is 4.69. The van der Waals surface area contributed by atoms with E-state index in [1.165, 1.54) is 0 Å². The monoisotopic (exact) mass is 284 g/mol. The number of hydrazine groups is 1. The van der Waals surface area contributed by atoms with E-state index in [2.05, 4.69) is 15.4 Å². The number of aromatic nitrogens is 2. The van der Waals surface area contributed by atoms with E-state index in [4.69, 9.17) is 17.3 Å². The molecular formula is C8H12N8O4. The van der Waals surface area contributed by atoms with Crippen LogP contribution in [0.5, 0.6) is 0 Å². The number of rotatable bonds is 7. The second-order valence-electron chi connectivity index (χ2n) is 3.59. The second-order valence-corrected chi connectivity index (χ2v) is 3.59. The van der Waals surface area contributed by atoms with Gasteiger partial charge >= 0.3 is 5.69 Å². The van der Waals surface area contributed by atoms with Gasteiger partial charge in [-0.3, -0.25) is 25.1 Å². The maximum Gasteiger partial charge on any atom is 0.329 e. The summed E-state index contributed by atoms with van der Waals surface area (Å²) >= 11 is 0. The molecule has 1 aromatic rings. The topological polar surface area (TPSA) is 196 Å². The lowest BCUT2D eigenvalue weighted by Gasteiger charge is -2.20. The Balaban J connectivity index is 3.30. The van der Waals surface area contributed by atoms with Crippen molar-refractivity contribution in [3.63, 3.8) is 0 Å². The highest BCUT2D eigenvalue weighted by atomic mass is 16.6. The lowest BCUT2D eigenvalue weighted by atomic mass is 10.3. The molecule has 0 bridgehead atoms. The van der Waals surface area contributed by atoms with E-state index >= 15 is 0 Å². The maximum atomic E-state index is 11.0. The summed E-state index contributed by atoms with van der Waals surface area (Å²) in [4.78, 5) is 40.4. The van der Waals surface area contributed by atoms with Gasteiger partial charge in [0.15, 0.2) is 0 Å². The molecule has 0 aliphatic carbocycles. The molecule has 20 heavy (non-hydrogen) atoms. The number of primary amides is 2. The van der Waals surface area contributed by atoms with Crippen LogP contribution in [-0.4, -0.2) is 39.8 Å². The molecule has 0 unspecified atom stereocenters. The number of nitrogen functional groups attached to an aromatic ring is 1. The molecule has 0 atom stereocenters. The van der Waals surface area contributed by atoms with Crippen LogP contribution in [0.25, 0.3) is 0 Å².